The van der Waals surface area contributed by atoms with E-state index in [1.165, 1.54) is 0 Å². The summed E-state index contributed by atoms with van der Waals surface area (Å²) < 4.78 is 172. The molecule has 25 heavy (non-hydrogen) atoms. The maximum absolute atomic E-state index is 13.5. The van der Waals surface area contributed by atoms with Gasteiger partial charge in [-0.1, -0.05) is 0 Å². The average Bonchev–Trinajstić information content (AvgIpc) is 2.33. The molecular formula is C9H6F13NO2. The molecule has 1 N–H and O–H groups in total. The van der Waals surface area contributed by atoms with Gasteiger partial charge in [0.2, 0.25) is 6.17 Å². The number of aliphatic hydroxyl groups excluding tert-OH is 1. The molecule has 1 heterocycles. The first-order chi connectivity index (χ1) is 10.7. The minimum absolute atomic E-state index is 0.0819. The van der Waals surface area contributed by atoms with Crippen LogP contribution in [0, 0.1) is 0 Å². The molecule has 0 saturated carbocycles. The molecule has 150 valence electrons. The number of ether oxygens (including phenoxy) is 1. The van der Waals surface area contributed by atoms with Crippen molar-refractivity contribution in [3.05, 3.63) is 0 Å². The summed E-state index contributed by atoms with van der Waals surface area (Å²) in [6.45, 7) is -0.0819. The molecule has 0 aromatic heterocycles. The normalized spacial score (nSPS) is 28.4. The highest BCUT2D eigenvalue weighted by molar-refractivity contribution is 5.02. The van der Waals surface area contributed by atoms with E-state index < -0.39 is 53.5 Å². The fourth-order valence-corrected chi connectivity index (χ4v) is 1.65. The van der Waals surface area contributed by atoms with Crippen molar-refractivity contribution >= 4 is 0 Å². The number of alkyl halides is 13. The molecule has 3 nitrogen and oxygen atoms in total. The van der Waals surface area contributed by atoms with Crippen molar-refractivity contribution < 1.29 is 66.9 Å². The molecule has 16 heteroatoms. The van der Waals surface area contributed by atoms with E-state index in [1.807, 2.05) is 4.74 Å². The van der Waals surface area contributed by atoms with Gasteiger partial charge in [-0.15, -0.1) is 4.90 Å². The molecule has 0 radical (unpaired) electrons. The molecule has 0 amide bonds. The first-order valence-corrected chi connectivity index (χ1v) is 5.77. The number of morpholine rings is 1. The van der Waals surface area contributed by atoms with Crippen molar-refractivity contribution in [2.45, 2.75) is 55.5 Å². The highest BCUT2D eigenvalue weighted by Gasteiger charge is 2.88. The van der Waals surface area contributed by atoms with Crippen LogP contribution in [0.1, 0.15) is 6.92 Å². The Kier molecular flexibility index (Phi) is 4.83. The predicted octanol–water partition coefficient (Wildman–Crippen LogP) is 3.64. The third-order valence-electron chi connectivity index (χ3n) is 3.02. The van der Waals surface area contributed by atoms with Crippen molar-refractivity contribution in [3.8, 4) is 0 Å². The van der Waals surface area contributed by atoms with Crippen LogP contribution in [0.25, 0.3) is 0 Å². The Bertz CT molecular complexity index is 494. The first-order valence-electron chi connectivity index (χ1n) is 5.77. The molecule has 0 aliphatic carbocycles. The van der Waals surface area contributed by atoms with E-state index in [2.05, 4.69) is 0 Å². The van der Waals surface area contributed by atoms with E-state index in [-0.39, 0.29) is 6.92 Å². The van der Waals surface area contributed by atoms with Crippen LogP contribution < -0.4 is 0 Å². The van der Waals surface area contributed by atoms with Crippen LogP contribution in [0.15, 0.2) is 0 Å². The maximum Gasteiger partial charge on any atom is 0.439 e. The summed E-state index contributed by atoms with van der Waals surface area (Å²) in [5.74, 6) is -5.77. The predicted molar refractivity (Wildman–Crippen MR) is 49.2 cm³/mol. The van der Waals surface area contributed by atoms with Crippen LogP contribution in [-0.4, -0.2) is 58.6 Å². The molecule has 0 aromatic carbocycles. The van der Waals surface area contributed by atoms with Crippen molar-refractivity contribution in [2.24, 2.45) is 0 Å². The van der Waals surface area contributed by atoms with Crippen molar-refractivity contribution in [1.82, 2.24) is 4.90 Å². The molecule has 1 rings (SSSR count). The van der Waals surface area contributed by atoms with Gasteiger partial charge in [-0.2, -0.15) is 43.9 Å². The van der Waals surface area contributed by atoms with Gasteiger partial charge >= 0.3 is 36.3 Å². The van der Waals surface area contributed by atoms with Crippen molar-refractivity contribution in [3.63, 3.8) is 0 Å². The van der Waals surface area contributed by atoms with Crippen LogP contribution >= 0.6 is 0 Å². The minimum Gasteiger partial charge on any atom is -0.387 e. The Morgan fingerprint density at radius 1 is 0.840 bits per heavy atom. The summed E-state index contributed by atoms with van der Waals surface area (Å²) in [4.78, 5) is -3.68. The Labute approximate surface area is 128 Å². The Morgan fingerprint density at radius 2 is 1.16 bits per heavy atom. The van der Waals surface area contributed by atoms with Crippen LogP contribution in [0.2, 0.25) is 0 Å². The second kappa shape index (κ2) is 5.48. The maximum atomic E-state index is 13.5. The van der Waals surface area contributed by atoms with Crippen LogP contribution in [-0.2, 0) is 4.74 Å². The van der Waals surface area contributed by atoms with E-state index in [4.69, 9.17) is 5.11 Å². The number of nitrogens with zero attached hydrogens (tertiary/aromatic N) is 1. The van der Waals surface area contributed by atoms with Gasteiger partial charge in [0.15, 0.2) is 0 Å². The average molecular weight is 407 g/mol. The van der Waals surface area contributed by atoms with Crippen LogP contribution in [0.5, 0.6) is 0 Å². The van der Waals surface area contributed by atoms with Gasteiger partial charge in [0, 0.05) is 0 Å². The van der Waals surface area contributed by atoms with Crippen molar-refractivity contribution in [1.29, 1.82) is 0 Å². The second-order valence-electron chi connectivity index (χ2n) is 4.85. The zero-order chi connectivity index (χ0) is 20.4. The zero-order valence-corrected chi connectivity index (χ0v) is 11.4. The number of rotatable bonds is 4. The van der Waals surface area contributed by atoms with E-state index in [9.17, 15) is 57.1 Å². The number of halogens is 13. The molecule has 1 aliphatic rings. The summed E-state index contributed by atoms with van der Waals surface area (Å²) in [6, 6.07) is -21.1. The summed E-state index contributed by atoms with van der Waals surface area (Å²) in [6.07, 6.45) is -22.4. The third kappa shape index (κ3) is 2.90. The standard InChI is InChI=1S/C9H6F13NO2/c1-2(24)4(11,12)3(10)5(13,14)23-6(15,16)8(19,20)25-9(21,22)7(23,17)18/h2-3,24H,1H3. The van der Waals surface area contributed by atoms with Gasteiger partial charge in [-0.05, 0) is 6.92 Å². The summed E-state index contributed by atoms with van der Waals surface area (Å²) in [7, 11) is 0. The van der Waals surface area contributed by atoms with E-state index in [0.29, 0.717) is 0 Å². The Hall–Kier alpha value is -1.03. The van der Waals surface area contributed by atoms with Gasteiger partial charge in [-0.25, -0.2) is 17.9 Å². The molecule has 2 atom stereocenters. The fourth-order valence-electron chi connectivity index (χ4n) is 1.65. The van der Waals surface area contributed by atoms with Gasteiger partial charge in [-0.3, -0.25) is 0 Å². The fraction of sp³-hybridized carbons (Fsp3) is 1.00. The summed E-state index contributed by atoms with van der Waals surface area (Å²) in [5, 5.41) is 8.44. The molecule has 1 fully saturated rings. The van der Waals surface area contributed by atoms with Gasteiger partial charge in [0.25, 0.3) is 0 Å². The van der Waals surface area contributed by atoms with E-state index in [1.54, 1.807) is 0 Å². The third-order valence-corrected chi connectivity index (χ3v) is 3.02. The van der Waals surface area contributed by atoms with Crippen LogP contribution in [0.3, 0.4) is 0 Å². The Morgan fingerprint density at radius 3 is 1.44 bits per heavy atom. The van der Waals surface area contributed by atoms with Crippen molar-refractivity contribution in [2.75, 3.05) is 0 Å². The molecule has 0 bridgehead atoms. The molecule has 2 unspecified atom stereocenters. The number of aliphatic hydroxyl groups is 1. The number of hydrogen-bond donors (Lipinski definition) is 1. The molecule has 1 saturated heterocycles. The van der Waals surface area contributed by atoms with E-state index in [0.717, 1.165) is 0 Å². The van der Waals surface area contributed by atoms with Gasteiger partial charge in [0.05, 0.1) is 0 Å². The first kappa shape index (κ1) is 22.0. The zero-order valence-electron chi connectivity index (χ0n) is 11.4. The quantitative estimate of drug-likeness (QED) is 0.571. The number of hydrogen-bond acceptors (Lipinski definition) is 3. The lowest BCUT2D eigenvalue weighted by Gasteiger charge is -2.50. The van der Waals surface area contributed by atoms with E-state index >= 15 is 0 Å². The van der Waals surface area contributed by atoms with Crippen LogP contribution in [0.4, 0.5) is 57.1 Å². The SMILES string of the molecule is CC(O)C(F)(F)C(F)C(F)(F)N1C(F)(F)C(F)(F)OC(F)(F)C1(F)F. The highest BCUT2D eigenvalue weighted by Crippen LogP contribution is 2.60. The second-order valence-corrected chi connectivity index (χ2v) is 4.85. The van der Waals surface area contributed by atoms with Gasteiger partial charge in [0.1, 0.15) is 6.10 Å². The highest BCUT2D eigenvalue weighted by atomic mass is 19.4. The monoisotopic (exact) mass is 407 g/mol. The molecule has 0 aromatic rings. The lowest BCUT2D eigenvalue weighted by molar-refractivity contribution is -0.589. The molecule has 1 aliphatic heterocycles. The smallest absolute Gasteiger partial charge is 0.387 e. The summed E-state index contributed by atoms with van der Waals surface area (Å²) in [5.41, 5.74) is 0. The Balaban J connectivity index is 3.62. The minimum atomic E-state index is -7.05. The largest absolute Gasteiger partial charge is 0.439 e. The summed E-state index contributed by atoms with van der Waals surface area (Å²) >= 11 is 0. The van der Waals surface area contributed by atoms with Gasteiger partial charge < -0.3 is 5.11 Å². The molecular weight excluding hydrogens is 401 g/mol. The lowest BCUT2D eigenvalue weighted by Crippen LogP contribution is -2.79. The molecule has 0 spiro atoms. The topological polar surface area (TPSA) is 32.7 Å². The lowest BCUT2D eigenvalue weighted by atomic mass is 10.1.